The Morgan fingerprint density at radius 3 is 2.69 bits per heavy atom. The fourth-order valence-corrected chi connectivity index (χ4v) is 2.63. The molecule has 3 nitrogen and oxygen atoms in total. The molecule has 0 aliphatic carbocycles. The second-order valence-corrected chi connectivity index (χ2v) is 6.27. The maximum atomic E-state index is 11.8. The largest absolute Gasteiger partial charge is 0.240 e. The summed E-state index contributed by atoms with van der Waals surface area (Å²) in [4.78, 5) is 0.268. The second-order valence-electron chi connectivity index (χ2n) is 3.59. The molecule has 0 atom stereocenters. The zero-order valence-electron chi connectivity index (χ0n) is 9.20. The van der Waals surface area contributed by atoms with E-state index >= 15 is 0 Å². The lowest BCUT2D eigenvalue weighted by Gasteiger charge is -2.05. The highest BCUT2D eigenvalue weighted by molar-refractivity contribution is 9.10. The Hall–Kier alpha value is -0.650. The van der Waals surface area contributed by atoms with Crippen LogP contribution in [0.25, 0.3) is 0 Å². The first kappa shape index (κ1) is 13.4. The highest BCUT2D eigenvalue weighted by atomic mass is 79.9. The Morgan fingerprint density at radius 2 is 2.12 bits per heavy atom. The predicted octanol–water partition coefficient (Wildman–Crippen LogP) is 2.69. The van der Waals surface area contributed by atoms with E-state index in [1.165, 1.54) is 0 Å². The van der Waals surface area contributed by atoms with E-state index in [1.807, 2.05) is 19.9 Å². The molecule has 0 aliphatic heterocycles. The number of sulfonamides is 1. The van der Waals surface area contributed by atoms with Crippen LogP contribution in [0.1, 0.15) is 13.8 Å². The van der Waals surface area contributed by atoms with Crippen LogP contribution in [0.4, 0.5) is 0 Å². The van der Waals surface area contributed by atoms with Crippen molar-refractivity contribution in [3.05, 3.63) is 40.4 Å². The van der Waals surface area contributed by atoms with E-state index in [0.717, 1.165) is 10.0 Å². The zero-order chi connectivity index (χ0) is 12.2. The lowest BCUT2D eigenvalue weighted by Crippen LogP contribution is -2.23. The molecular formula is C11H14BrNO2S. The summed E-state index contributed by atoms with van der Waals surface area (Å²) in [6.07, 6.45) is 1.83. The van der Waals surface area contributed by atoms with E-state index in [0.29, 0.717) is 6.54 Å². The van der Waals surface area contributed by atoms with Gasteiger partial charge < -0.3 is 0 Å². The number of allylic oxidation sites excluding steroid dienone is 1. The summed E-state index contributed by atoms with van der Waals surface area (Å²) in [6, 6.07) is 6.62. The molecule has 0 aromatic heterocycles. The van der Waals surface area contributed by atoms with Gasteiger partial charge in [-0.05, 0) is 32.0 Å². The number of nitrogens with one attached hydrogen (secondary N) is 1. The first-order valence-corrected chi connectivity index (χ1v) is 7.08. The standard InChI is InChI=1S/C11H14BrNO2S/c1-9(2)6-7-13-16(14,15)11-5-3-4-10(12)8-11/h3-6,8,13H,7H2,1-2H3. The molecule has 0 spiro atoms. The van der Waals surface area contributed by atoms with Gasteiger partial charge in [0, 0.05) is 11.0 Å². The first-order valence-electron chi connectivity index (χ1n) is 4.80. The maximum absolute atomic E-state index is 11.8. The Labute approximate surface area is 105 Å². The van der Waals surface area contributed by atoms with E-state index in [9.17, 15) is 8.42 Å². The third-order valence-corrected chi connectivity index (χ3v) is 3.80. The summed E-state index contributed by atoms with van der Waals surface area (Å²) in [5.74, 6) is 0. The number of rotatable bonds is 4. The molecule has 0 bridgehead atoms. The Morgan fingerprint density at radius 1 is 1.44 bits per heavy atom. The van der Waals surface area contributed by atoms with E-state index in [1.54, 1.807) is 24.3 Å². The molecule has 1 aromatic rings. The van der Waals surface area contributed by atoms with Crippen LogP contribution in [-0.4, -0.2) is 15.0 Å². The Kier molecular flexibility index (Phi) is 4.70. The third kappa shape index (κ3) is 4.08. The van der Waals surface area contributed by atoms with Crippen molar-refractivity contribution in [2.24, 2.45) is 0 Å². The van der Waals surface area contributed by atoms with Crippen molar-refractivity contribution in [3.8, 4) is 0 Å². The van der Waals surface area contributed by atoms with Gasteiger partial charge in [-0.3, -0.25) is 0 Å². The van der Waals surface area contributed by atoms with Crippen molar-refractivity contribution in [3.63, 3.8) is 0 Å². The van der Waals surface area contributed by atoms with E-state index < -0.39 is 10.0 Å². The van der Waals surface area contributed by atoms with Crippen LogP contribution in [0.5, 0.6) is 0 Å². The van der Waals surface area contributed by atoms with Gasteiger partial charge in [-0.2, -0.15) is 0 Å². The zero-order valence-corrected chi connectivity index (χ0v) is 11.6. The Balaban J connectivity index is 2.83. The smallest absolute Gasteiger partial charge is 0.207 e. The molecule has 0 amide bonds. The molecule has 0 saturated carbocycles. The van der Waals surface area contributed by atoms with Crippen molar-refractivity contribution in [2.75, 3.05) is 6.54 Å². The first-order chi connectivity index (χ1) is 7.42. The van der Waals surface area contributed by atoms with Crippen molar-refractivity contribution < 1.29 is 8.42 Å². The summed E-state index contributed by atoms with van der Waals surface area (Å²) < 4.78 is 26.9. The molecule has 88 valence electrons. The van der Waals surface area contributed by atoms with E-state index in [-0.39, 0.29) is 4.90 Å². The molecule has 0 fully saturated rings. The van der Waals surface area contributed by atoms with Crippen molar-refractivity contribution >= 4 is 26.0 Å². The van der Waals surface area contributed by atoms with Crippen LogP contribution in [-0.2, 0) is 10.0 Å². The molecule has 16 heavy (non-hydrogen) atoms. The maximum Gasteiger partial charge on any atom is 0.240 e. The van der Waals surface area contributed by atoms with Crippen LogP contribution < -0.4 is 4.72 Å². The van der Waals surface area contributed by atoms with Crippen molar-refractivity contribution in [2.45, 2.75) is 18.7 Å². The molecular weight excluding hydrogens is 290 g/mol. The van der Waals surface area contributed by atoms with Gasteiger partial charge in [-0.15, -0.1) is 0 Å². The summed E-state index contributed by atoms with van der Waals surface area (Å²) in [6.45, 7) is 4.16. The average Bonchev–Trinajstić information content (AvgIpc) is 2.16. The fourth-order valence-electron chi connectivity index (χ4n) is 1.07. The molecule has 0 unspecified atom stereocenters. The van der Waals surface area contributed by atoms with Crippen LogP contribution in [0.15, 0.2) is 45.3 Å². The molecule has 1 rings (SSSR count). The van der Waals surface area contributed by atoms with Crippen LogP contribution in [0, 0.1) is 0 Å². The summed E-state index contributed by atoms with van der Waals surface area (Å²) >= 11 is 3.24. The summed E-state index contributed by atoms with van der Waals surface area (Å²) in [7, 11) is -3.40. The molecule has 0 radical (unpaired) electrons. The van der Waals surface area contributed by atoms with Gasteiger partial charge in [0.25, 0.3) is 0 Å². The lowest BCUT2D eigenvalue weighted by atomic mass is 10.3. The summed E-state index contributed by atoms with van der Waals surface area (Å²) in [5, 5.41) is 0. The molecule has 0 heterocycles. The SMILES string of the molecule is CC(C)=CCNS(=O)(=O)c1cccc(Br)c1. The van der Waals surface area contributed by atoms with Crippen LogP contribution >= 0.6 is 15.9 Å². The molecule has 1 aromatic carbocycles. The summed E-state index contributed by atoms with van der Waals surface area (Å²) in [5.41, 5.74) is 1.08. The fraction of sp³-hybridized carbons (Fsp3) is 0.273. The van der Waals surface area contributed by atoms with Gasteiger partial charge in [0.2, 0.25) is 10.0 Å². The van der Waals surface area contributed by atoms with Crippen LogP contribution in [0.2, 0.25) is 0 Å². The Bertz CT molecular complexity index is 490. The number of hydrogen-bond donors (Lipinski definition) is 1. The topological polar surface area (TPSA) is 46.2 Å². The van der Waals surface area contributed by atoms with Crippen molar-refractivity contribution in [1.82, 2.24) is 4.72 Å². The van der Waals surface area contributed by atoms with Gasteiger partial charge in [0.1, 0.15) is 0 Å². The second kappa shape index (κ2) is 5.61. The van der Waals surface area contributed by atoms with Gasteiger partial charge in [0.15, 0.2) is 0 Å². The third-order valence-electron chi connectivity index (χ3n) is 1.89. The quantitative estimate of drug-likeness (QED) is 0.869. The van der Waals surface area contributed by atoms with E-state index in [2.05, 4.69) is 20.7 Å². The van der Waals surface area contributed by atoms with Gasteiger partial charge >= 0.3 is 0 Å². The molecule has 0 saturated heterocycles. The number of benzene rings is 1. The van der Waals surface area contributed by atoms with Gasteiger partial charge in [0.05, 0.1) is 4.90 Å². The van der Waals surface area contributed by atoms with Gasteiger partial charge in [-0.25, -0.2) is 13.1 Å². The average molecular weight is 304 g/mol. The minimum atomic E-state index is -3.40. The number of halogens is 1. The highest BCUT2D eigenvalue weighted by Crippen LogP contribution is 2.15. The van der Waals surface area contributed by atoms with E-state index in [4.69, 9.17) is 0 Å². The minimum Gasteiger partial charge on any atom is -0.207 e. The normalized spacial score (nSPS) is 11.2. The lowest BCUT2D eigenvalue weighted by molar-refractivity contribution is 0.585. The van der Waals surface area contributed by atoms with Crippen molar-refractivity contribution in [1.29, 1.82) is 0 Å². The predicted molar refractivity (Wildman–Crippen MR) is 68.8 cm³/mol. The number of hydrogen-bond acceptors (Lipinski definition) is 2. The molecule has 0 aliphatic rings. The highest BCUT2D eigenvalue weighted by Gasteiger charge is 2.12. The minimum absolute atomic E-state index is 0.268. The molecule has 1 N–H and O–H groups in total. The monoisotopic (exact) mass is 303 g/mol. The van der Waals surface area contributed by atoms with Crippen LogP contribution in [0.3, 0.4) is 0 Å². The molecule has 5 heteroatoms. The van der Waals surface area contributed by atoms with Gasteiger partial charge in [-0.1, -0.05) is 33.6 Å².